The number of likely N-dealkylation sites (tertiary alicyclic amines) is 1. The number of aromatic nitrogens is 1. The third kappa shape index (κ3) is 2.26. The van der Waals surface area contributed by atoms with Crippen LogP contribution in [0.5, 0.6) is 0 Å². The first-order valence-electron chi connectivity index (χ1n) is 6.22. The van der Waals surface area contributed by atoms with E-state index < -0.39 is 0 Å². The van der Waals surface area contributed by atoms with E-state index in [1.54, 1.807) is 11.3 Å². The number of likely N-dealkylation sites (N-methyl/N-ethyl adjacent to an activating group) is 1. The molecule has 1 aromatic carbocycles. The first-order chi connectivity index (χ1) is 8.72. The zero-order chi connectivity index (χ0) is 12.5. The lowest BCUT2D eigenvalue weighted by atomic mass is 10.1. The molecule has 0 radical (unpaired) electrons. The van der Waals surface area contributed by atoms with Crippen LogP contribution in [0.2, 0.25) is 0 Å². The average Bonchev–Trinajstić information content (AvgIpc) is 2.97. The molecule has 3 rings (SSSR count). The van der Waals surface area contributed by atoms with Gasteiger partial charge in [0, 0.05) is 29.1 Å². The van der Waals surface area contributed by atoms with Crippen molar-refractivity contribution in [1.82, 2.24) is 9.88 Å². The molecule has 2 N–H and O–H groups in total. The molecule has 4 heteroatoms. The molecule has 0 saturated carbocycles. The highest BCUT2D eigenvalue weighted by Crippen LogP contribution is 2.31. The Morgan fingerprint density at radius 2 is 2.33 bits per heavy atom. The van der Waals surface area contributed by atoms with Crippen molar-refractivity contribution in [3.05, 3.63) is 35.3 Å². The summed E-state index contributed by atoms with van der Waals surface area (Å²) >= 11 is 1.71. The number of hydrogen-bond donors (Lipinski definition) is 1. The summed E-state index contributed by atoms with van der Waals surface area (Å²) in [5.41, 5.74) is 8.97. The third-order valence-corrected chi connectivity index (χ3v) is 4.37. The SMILES string of the molecule is CN1CCC(c2csc(-c3cccc(N)c3)n2)C1. The van der Waals surface area contributed by atoms with Crippen LogP contribution in [0.1, 0.15) is 18.0 Å². The summed E-state index contributed by atoms with van der Waals surface area (Å²) in [5.74, 6) is 0.598. The van der Waals surface area contributed by atoms with Crippen molar-refractivity contribution in [1.29, 1.82) is 0 Å². The van der Waals surface area contributed by atoms with Crippen molar-refractivity contribution in [3.63, 3.8) is 0 Å². The minimum absolute atomic E-state index is 0.598. The number of nitrogens with two attached hydrogens (primary N) is 1. The minimum Gasteiger partial charge on any atom is -0.399 e. The number of hydrogen-bond acceptors (Lipinski definition) is 4. The summed E-state index contributed by atoms with van der Waals surface area (Å²) in [6.07, 6.45) is 1.22. The smallest absolute Gasteiger partial charge is 0.123 e. The van der Waals surface area contributed by atoms with Gasteiger partial charge in [-0.25, -0.2) is 4.98 Å². The van der Waals surface area contributed by atoms with E-state index >= 15 is 0 Å². The quantitative estimate of drug-likeness (QED) is 0.843. The Bertz CT molecular complexity index is 549. The van der Waals surface area contributed by atoms with E-state index in [9.17, 15) is 0 Å². The molecule has 94 valence electrons. The number of rotatable bonds is 2. The molecule has 1 unspecified atom stereocenters. The zero-order valence-corrected chi connectivity index (χ0v) is 11.3. The maximum atomic E-state index is 5.81. The van der Waals surface area contributed by atoms with Crippen LogP contribution in [0.25, 0.3) is 10.6 Å². The van der Waals surface area contributed by atoms with E-state index in [1.165, 1.54) is 18.7 Å². The Labute approximate surface area is 111 Å². The second-order valence-corrected chi connectivity index (χ2v) is 5.81. The molecule has 0 aliphatic carbocycles. The lowest BCUT2D eigenvalue weighted by molar-refractivity contribution is 0.411. The highest BCUT2D eigenvalue weighted by molar-refractivity contribution is 7.13. The Balaban J connectivity index is 1.85. The fourth-order valence-corrected chi connectivity index (χ4v) is 3.35. The standard InChI is InChI=1S/C14H17N3S/c1-17-6-5-11(8-17)13-9-18-14(16-13)10-3-2-4-12(15)7-10/h2-4,7,9,11H,5-6,8,15H2,1H3. The maximum absolute atomic E-state index is 5.81. The van der Waals surface area contributed by atoms with Gasteiger partial charge in [0.25, 0.3) is 0 Å². The molecule has 1 aromatic heterocycles. The maximum Gasteiger partial charge on any atom is 0.123 e. The molecule has 0 bridgehead atoms. The third-order valence-electron chi connectivity index (χ3n) is 3.47. The van der Waals surface area contributed by atoms with Crippen LogP contribution in [-0.4, -0.2) is 30.0 Å². The van der Waals surface area contributed by atoms with E-state index in [1.807, 2.05) is 18.2 Å². The number of benzene rings is 1. The Hall–Kier alpha value is -1.39. The summed E-state index contributed by atoms with van der Waals surface area (Å²) in [5, 5.41) is 3.27. The molecule has 3 nitrogen and oxygen atoms in total. The number of nitrogen functional groups attached to an aromatic ring is 1. The second-order valence-electron chi connectivity index (χ2n) is 4.95. The summed E-state index contributed by atoms with van der Waals surface area (Å²) in [7, 11) is 2.17. The van der Waals surface area contributed by atoms with E-state index in [0.29, 0.717) is 5.92 Å². The van der Waals surface area contributed by atoms with Crippen LogP contribution in [-0.2, 0) is 0 Å². The molecule has 1 saturated heterocycles. The van der Waals surface area contributed by atoms with Crippen molar-refractivity contribution < 1.29 is 0 Å². The van der Waals surface area contributed by atoms with Gasteiger partial charge in [0.2, 0.25) is 0 Å². The van der Waals surface area contributed by atoms with E-state index in [2.05, 4.69) is 23.4 Å². The van der Waals surface area contributed by atoms with Gasteiger partial charge in [-0.1, -0.05) is 12.1 Å². The summed E-state index contributed by atoms with van der Waals surface area (Å²) in [6.45, 7) is 2.30. The molecule has 1 atom stereocenters. The van der Waals surface area contributed by atoms with Crippen LogP contribution in [0, 0.1) is 0 Å². The molecular formula is C14H17N3S. The van der Waals surface area contributed by atoms with Crippen LogP contribution < -0.4 is 5.73 Å². The molecular weight excluding hydrogens is 242 g/mol. The van der Waals surface area contributed by atoms with Gasteiger partial charge in [-0.05, 0) is 32.1 Å². The van der Waals surface area contributed by atoms with Gasteiger partial charge in [-0.3, -0.25) is 0 Å². The van der Waals surface area contributed by atoms with Gasteiger partial charge in [0.05, 0.1) is 5.69 Å². The largest absolute Gasteiger partial charge is 0.399 e. The van der Waals surface area contributed by atoms with E-state index in [4.69, 9.17) is 10.7 Å². The Kier molecular flexibility index (Phi) is 3.06. The minimum atomic E-state index is 0.598. The first kappa shape index (κ1) is 11.7. The molecule has 0 amide bonds. The molecule has 18 heavy (non-hydrogen) atoms. The fraction of sp³-hybridized carbons (Fsp3) is 0.357. The van der Waals surface area contributed by atoms with Gasteiger partial charge in [-0.2, -0.15) is 0 Å². The molecule has 1 aliphatic heterocycles. The van der Waals surface area contributed by atoms with Gasteiger partial charge >= 0.3 is 0 Å². The normalized spacial score (nSPS) is 20.4. The average molecular weight is 259 g/mol. The van der Waals surface area contributed by atoms with Crippen molar-refractivity contribution in [2.24, 2.45) is 0 Å². The molecule has 1 aliphatic rings. The van der Waals surface area contributed by atoms with Crippen molar-refractivity contribution >= 4 is 17.0 Å². The predicted octanol–water partition coefficient (Wildman–Crippen LogP) is 2.81. The zero-order valence-electron chi connectivity index (χ0n) is 10.5. The van der Waals surface area contributed by atoms with Crippen molar-refractivity contribution in [3.8, 4) is 10.6 Å². The topological polar surface area (TPSA) is 42.1 Å². The van der Waals surface area contributed by atoms with Crippen LogP contribution in [0.15, 0.2) is 29.6 Å². The summed E-state index contributed by atoms with van der Waals surface area (Å²) in [4.78, 5) is 7.14. The molecule has 0 spiro atoms. The lowest BCUT2D eigenvalue weighted by Gasteiger charge is -2.07. The van der Waals surface area contributed by atoms with Gasteiger partial charge < -0.3 is 10.6 Å². The van der Waals surface area contributed by atoms with Crippen LogP contribution >= 0.6 is 11.3 Å². The van der Waals surface area contributed by atoms with Crippen molar-refractivity contribution in [2.45, 2.75) is 12.3 Å². The highest BCUT2D eigenvalue weighted by atomic mass is 32.1. The van der Waals surface area contributed by atoms with Crippen LogP contribution in [0.4, 0.5) is 5.69 Å². The summed E-state index contributed by atoms with van der Waals surface area (Å²) in [6, 6.07) is 7.95. The number of anilines is 1. The van der Waals surface area contributed by atoms with Gasteiger partial charge in [0.1, 0.15) is 5.01 Å². The molecule has 1 fully saturated rings. The first-order valence-corrected chi connectivity index (χ1v) is 7.10. The summed E-state index contributed by atoms with van der Waals surface area (Å²) < 4.78 is 0. The monoisotopic (exact) mass is 259 g/mol. The van der Waals surface area contributed by atoms with E-state index in [-0.39, 0.29) is 0 Å². The van der Waals surface area contributed by atoms with Crippen molar-refractivity contribution in [2.75, 3.05) is 25.9 Å². The van der Waals surface area contributed by atoms with Gasteiger partial charge in [0.15, 0.2) is 0 Å². The molecule has 2 aromatic rings. The Morgan fingerprint density at radius 1 is 1.44 bits per heavy atom. The van der Waals surface area contributed by atoms with Gasteiger partial charge in [-0.15, -0.1) is 11.3 Å². The highest BCUT2D eigenvalue weighted by Gasteiger charge is 2.23. The number of nitrogens with zero attached hydrogens (tertiary/aromatic N) is 2. The lowest BCUT2D eigenvalue weighted by Crippen LogP contribution is -2.13. The Morgan fingerprint density at radius 3 is 3.06 bits per heavy atom. The number of thiazole rings is 1. The fourth-order valence-electron chi connectivity index (χ4n) is 2.45. The molecule has 2 heterocycles. The predicted molar refractivity (Wildman–Crippen MR) is 76.8 cm³/mol. The van der Waals surface area contributed by atoms with E-state index in [0.717, 1.165) is 22.8 Å². The van der Waals surface area contributed by atoms with Crippen LogP contribution in [0.3, 0.4) is 0 Å². The second kappa shape index (κ2) is 4.71.